The Morgan fingerprint density at radius 2 is 1.85 bits per heavy atom. The van der Waals surface area contributed by atoms with Gasteiger partial charge in [-0.25, -0.2) is 23.7 Å². The third-order valence-corrected chi connectivity index (χ3v) is 5.88. The summed E-state index contributed by atoms with van der Waals surface area (Å²) in [5.74, 6) is -0.891. The zero-order valence-electron chi connectivity index (χ0n) is 14.2. The van der Waals surface area contributed by atoms with Gasteiger partial charge in [-0.1, -0.05) is 37.1 Å². The molecule has 1 fully saturated rings. The minimum atomic E-state index is -0.592. The first-order valence-corrected chi connectivity index (χ1v) is 9.57. The lowest BCUT2D eigenvalue weighted by Crippen LogP contribution is -2.10. The number of halogens is 2. The van der Waals surface area contributed by atoms with Gasteiger partial charge in [0.1, 0.15) is 17.2 Å². The Bertz CT molecular complexity index is 916. The number of nitrogens with zero attached hydrogens (tertiary/aromatic N) is 4. The molecular formula is C18H19F2N5S. The van der Waals surface area contributed by atoms with Gasteiger partial charge in [-0.3, -0.25) is 0 Å². The van der Waals surface area contributed by atoms with Crippen molar-refractivity contribution in [1.29, 1.82) is 0 Å². The smallest absolute Gasteiger partial charge is 0.191 e. The highest BCUT2D eigenvalue weighted by molar-refractivity contribution is 7.99. The summed E-state index contributed by atoms with van der Waals surface area (Å²) in [4.78, 5) is 13.2. The minimum Gasteiger partial charge on any atom is -0.382 e. The van der Waals surface area contributed by atoms with Crippen molar-refractivity contribution in [2.24, 2.45) is 0 Å². The summed E-state index contributed by atoms with van der Waals surface area (Å²) in [5, 5.41) is 1.08. The summed E-state index contributed by atoms with van der Waals surface area (Å²) in [6, 6.07) is 3.83. The number of anilines is 1. The molecule has 3 aromatic rings. The maximum atomic E-state index is 14.0. The number of rotatable bonds is 4. The van der Waals surface area contributed by atoms with E-state index in [1.54, 1.807) is 16.3 Å². The van der Waals surface area contributed by atoms with E-state index in [4.69, 9.17) is 5.73 Å². The molecular weight excluding hydrogens is 356 g/mol. The van der Waals surface area contributed by atoms with Crippen LogP contribution in [0.15, 0.2) is 29.7 Å². The Labute approximate surface area is 154 Å². The number of fused-ring (bicyclic) bond motifs is 1. The second-order valence-corrected chi connectivity index (χ2v) is 7.78. The molecule has 5 nitrogen and oxygen atoms in total. The second-order valence-electron chi connectivity index (χ2n) is 6.51. The first-order chi connectivity index (χ1) is 12.6. The van der Waals surface area contributed by atoms with Gasteiger partial charge in [-0.2, -0.15) is 0 Å². The lowest BCUT2D eigenvalue weighted by molar-refractivity contribution is 0.515. The molecule has 4 rings (SSSR count). The number of nitrogens with two attached hydrogens (primary N) is 1. The van der Waals surface area contributed by atoms with Gasteiger partial charge in [0.05, 0.1) is 12.9 Å². The molecule has 1 aromatic carbocycles. The minimum absolute atomic E-state index is 0.000997. The van der Waals surface area contributed by atoms with Gasteiger partial charge in [0, 0.05) is 10.8 Å². The molecule has 0 bridgehead atoms. The fourth-order valence-electron chi connectivity index (χ4n) is 3.30. The van der Waals surface area contributed by atoms with E-state index in [1.807, 2.05) is 0 Å². The third-order valence-electron chi connectivity index (χ3n) is 4.68. The second kappa shape index (κ2) is 7.19. The van der Waals surface area contributed by atoms with Gasteiger partial charge in [-0.05, 0) is 25.0 Å². The van der Waals surface area contributed by atoms with Gasteiger partial charge < -0.3 is 10.3 Å². The van der Waals surface area contributed by atoms with Crippen LogP contribution in [0.3, 0.4) is 0 Å². The first kappa shape index (κ1) is 17.2. The Morgan fingerprint density at radius 3 is 2.58 bits per heavy atom. The number of hydrogen-bond donors (Lipinski definition) is 1. The molecule has 0 saturated heterocycles. The van der Waals surface area contributed by atoms with Crippen LogP contribution in [-0.2, 0) is 6.54 Å². The molecule has 136 valence electrons. The van der Waals surface area contributed by atoms with Gasteiger partial charge >= 0.3 is 0 Å². The highest BCUT2D eigenvalue weighted by Gasteiger charge is 2.19. The number of imidazole rings is 1. The molecule has 0 atom stereocenters. The Morgan fingerprint density at radius 1 is 1.12 bits per heavy atom. The van der Waals surface area contributed by atoms with Gasteiger partial charge in [0.2, 0.25) is 0 Å². The average molecular weight is 375 g/mol. The van der Waals surface area contributed by atoms with Crippen molar-refractivity contribution in [1.82, 2.24) is 19.5 Å². The fraction of sp³-hybridized carbons (Fsp3) is 0.389. The van der Waals surface area contributed by atoms with Crippen LogP contribution in [0, 0.1) is 11.6 Å². The zero-order chi connectivity index (χ0) is 18.1. The predicted octanol–water partition coefficient (Wildman–Crippen LogP) is 4.16. The first-order valence-electron chi connectivity index (χ1n) is 8.69. The maximum absolute atomic E-state index is 14.0. The summed E-state index contributed by atoms with van der Waals surface area (Å²) < 4.78 is 29.6. The molecule has 2 N–H and O–H groups in total. The zero-order valence-corrected chi connectivity index (χ0v) is 15.0. The summed E-state index contributed by atoms with van der Waals surface area (Å²) in [5.41, 5.74) is 6.97. The van der Waals surface area contributed by atoms with E-state index in [0.717, 1.165) is 12.8 Å². The van der Waals surface area contributed by atoms with Crippen LogP contribution in [0.1, 0.15) is 37.7 Å². The van der Waals surface area contributed by atoms with Gasteiger partial charge in [0.25, 0.3) is 0 Å². The quantitative estimate of drug-likeness (QED) is 0.694. The fourth-order valence-corrected chi connectivity index (χ4v) is 4.46. The topological polar surface area (TPSA) is 69.6 Å². The number of thioether (sulfide) groups is 1. The maximum Gasteiger partial charge on any atom is 0.191 e. The molecule has 8 heteroatoms. The highest BCUT2D eigenvalue weighted by Crippen LogP contribution is 2.33. The number of aromatic nitrogens is 4. The van der Waals surface area contributed by atoms with Crippen molar-refractivity contribution in [2.75, 3.05) is 5.73 Å². The summed E-state index contributed by atoms with van der Waals surface area (Å²) in [7, 11) is 0. The van der Waals surface area contributed by atoms with Crippen LogP contribution < -0.4 is 5.73 Å². The van der Waals surface area contributed by atoms with Crippen molar-refractivity contribution in [3.8, 4) is 0 Å². The van der Waals surface area contributed by atoms with Crippen LogP contribution in [0.5, 0.6) is 0 Å². The van der Waals surface area contributed by atoms with Crippen molar-refractivity contribution in [3.63, 3.8) is 0 Å². The molecule has 0 spiro atoms. The van der Waals surface area contributed by atoms with Gasteiger partial charge in [-0.15, -0.1) is 0 Å². The molecule has 2 heterocycles. The average Bonchev–Trinajstić information content (AvgIpc) is 3.03. The van der Waals surface area contributed by atoms with Crippen LogP contribution in [0.25, 0.3) is 11.2 Å². The van der Waals surface area contributed by atoms with E-state index < -0.39 is 11.6 Å². The van der Waals surface area contributed by atoms with Crippen LogP contribution in [0.2, 0.25) is 0 Å². The van der Waals surface area contributed by atoms with E-state index in [-0.39, 0.29) is 12.1 Å². The summed E-state index contributed by atoms with van der Waals surface area (Å²) in [6.07, 6.45) is 7.51. The van der Waals surface area contributed by atoms with E-state index in [9.17, 15) is 8.78 Å². The van der Waals surface area contributed by atoms with E-state index >= 15 is 0 Å². The van der Waals surface area contributed by atoms with Crippen molar-refractivity contribution in [3.05, 3.63) is 41.7 Å². The number of benzene rings is 1. The standard InChI is InChI=1S/C18H19F2N5S/c19-13-7-4-8-14(20)12(13)9-25-10-22-15-16(21)23-18(24-17(15)25)26-11-5-2-1-3-6-11/h4,7-8,10-11H,1-3,5-6,9H2,(H2,21,23,24). The van der Waals surface area contributed by atoms with E-state index in [1.165, 1.54) is 43.8 Å². The van der Waals surface area contributed by atoms with Gasteiger partial charge in [0.15, 0.2) is 16.6 Å². The van der Waals surface area contributed by atoms with Crippen molar-refractivity contribution < 1.29 is 8.78 Å². The molecule has 2 aromatic heterocycles. The molecule has 0 radical (unpaired) electrons. The van der Waals surface area contributed by atoms with Crippen LogP contribution >= 0.6 is 11.8 Å². The molecule has 0 aliphatic heterocycles. The Hall–Kier alpha value is -2.22. The van der Waals surface area contributed by atoms with Crippen molar-refractivity contribution >= 4 is 28.7 Å². The van der Waals surface area contributed by atoms with E-state index in [2.05, 4.69) is 15.0 Å². The predicted molar refractivity (Wildman–Crippen MR) is 97.9 cm³/mol. The normalized spacial score (nSPS) is 15.6. The third kappa shape index (κ3) is 3.38. The highest BCUT2D eigenvalue weighted by atomic mass is 32.2. The number of nitrogen functional groups attached to an aromatic ring is 1. The Balaban J connectivity index is 1.67. The van der Waals surface area contributed by atoms with E-state index in [0.29, 0.717) is 27.4 Å². The number of hydrogen-bond acceptors (Lipinski definition) is 5. The molecule has 0 amide bonds. The molecule has 1 aliphatic carbocycles. The Kier molecular flexibility index (Phi) is 4.76. The summed E-state index contributed by atoms with van der Waals surface area (Å²) >= 11 is 1.63. The summed E-state index contributed by atoms with van der Waals surface area (Å²) in [6.45, 7) is -0.000997. The van der Waals surface area contributed by atoms with Crippen molar-refractivity contribution in [2.45, 2.75) is 49.1 Å². The van der Waals surface area contributed by atoms with Crippen LogP contribution in [0.4, 0.5) is 14.6 Å². The largest absolute Gasteiger partial charge is 0.382 e. The molecule has 1 saturated carbocycles. The molecule has 26 heavy (non-hydrogen) atoms. The lowest BCUT2D eigenvalue weighted by Gasteiger charge is -2.20. The van der Waals surface area contributed by atoms with Crippen LogP contribution in [-0.4, -0.2) is 24.8 Å². The lowest BCUT2D eigenvalue weighted by atomic mass is 10.0. The molecule has 0 unspecified atom stereocenters. The molecule has 1 aliphatic rings. The SMILES string of the molecule is Nc1nc(SC2CCCCC2)nc2c1ncn2Cc1c(F)cccc1F. The monoisotopic (exact) mass is 375 g/mol.